The zero-order valence-electron chi connectivity index (χ0n) is 89.6. The van der Waals surface area contributed by atoms with Crippen LogP contribution in [0.2, 0.25) is 0 Å². The van der Waals surface area contributed by atoms with Crippen LogP contribution in [0.4, 0.5) is 0 Å². The van der Waals surface area contributed by atoms with Crippen LogP contribution >= 0.6 is 0 Å². The van der Waals surface area contributed by atoms with Crippen LogP contribution < -0.4 is 18.3 Å². The molecule has 0 saturated heterocycles. The molecule has 628 valence electrons. The van der Waals surface area contributed by atoms with Crippen LogP contribution in [0.15, 0.2) is 158 Å². The molecular weight excluding hydrogens is 1470 g/mol. The second-order valence-corrected chi connectivity index (χ2v) is 43.4. The van der Waals surface area contributed by atoms with Crippen molar-refractivity contribution in [1.29, 1.82) is 0 Å². The van der Waals surface area contributed by atoms with Crippen LogP contribution in [0.1, 0.15) is 329 Å². The highest BCUT2D eigenvalue weighted by Gasteiger charge is 2.57. The van der Waals surface area contributed by atoms with Crippen LogP contribution in [0.25, 0.3) is 89.5 Å². The molecule has 8 aliphatic rings. The van der Waals surface area contributed by atoms with Gasteiger partial charge < -0.3 is 0 Å². The highest BCUT2D eigenvalue weighted by atomic mass is 15.0. The van der Waals surface area contributed by atoms with Gasteiger partial charge in [0.15, 0.2) is 24.8 Å². The van der Waals surface area contributed by atoms with Crippen molar-refractivity contribution < 1.29 is 32.0 Å². The maximum atomic E-state index is 9.24. The topological polar surface area (TPSA) is 15.5 Å². The van der Waals surface area contributed by atoms with E-state index >= 15 is 0 Å². The Morgan fingerprint density at radius 3 is 0.975 bits per heavy atom. The lowest BCUT2D eigenvalue weighted by atomic mass is 9.54. The lowest BCUT2D eigenvalue weighted by Crippen LogP contribution is -2.49. The van der Waals surface area contributed by atoms with Crippen molar-refractivity contribution >= 4 is 0 Å². The van der Waals surface area contributed by atoms with Crippen LogP contribution in [0.3, 0.4) is 0 Å². The van der Waals surface area contributed by atoms with Crippen molar-refractivity contribution in [3.63, 3.8) is 0 Å². The first-order valence-corrected chi connectivity index (χ1v) is 45.0. The number of hydrogen-bond acceptors (Lipinski definition) is 0. The number of benzene rings is 8. The van der Waals surface area contributed by atoms with Gasteiger partial charge in [-0.25, -0.2) is 18.3 Å². The number of rotatable bonds is 3. The molecule has 0 fully saturated rings. The highest BCUT2D eigenvalue weighted by molar-refractivity contribution is 5.92. The average Bonchev–Trinajstić information content (AvgIpc) is 1.05. The lowest BCUT2D eigenvalue weighted by molar-refractivity contribution is -0.661. The summed E-state index contributed by atoms with van der Waals surface area (Å²) >= 11 is 0. The van der Waals surface area contributed by atoms with E-state index in [9.17, 15) is 2.74 Å². The summed E-state index contributed by atoms with van der Waals surface area (Å²) < 4.78 is 94.5. The van der Waals surface area contributed by atoms with E-state index in [2.05, 4.69) is 306 Å². The molecule has 12 aromatic rings. The smallest absolute Gasteiger partial charge is 0.201 e. The monoisotopic (exact) mass is 1620 g/mol. The number of aromatic nitrogens is 4. The molecule has 0 atom stereocenters. The van der Waals surface area contributed by atoms with Gasteiger partial charge in [-0.1, -0.05) is 256 Å². The molecule has 4 heterocycles. The third kappa shape index (κ3) is 11.9. The van der Waals surface area contributed by atoms with Gasteiger partial charge in [0, 0.05) is 80.9 Å². The van der Waals surface area contributed by atoms with Crippen molar-refractivity contribution in [3.8, 4) is 89.5 Å². The Kier molecular flexibility index (Phi) is 16.8. The first-order chi connectivity index (χ1) is 60.8. The molecule has 8 aliphatic carbocycles. The second kappa shape index (κ2) is 28.2. The van der Waals surface area contributed by atoms with Crippen molar-refractivity contribution in [2.24, 2.45) is 33.6 Å². The minimum Gasteiger partial charge on any atom is -0.201 e. The number of fused-ring (bicyclic) bond motifs is 24. The lowest BCUT2D eigenvalue weighted by Gasteiger charge is -2.48. The summed E-state index contributed by atoms with van der Waals surface area (Å²) in [6.45, 7) is 57.5. The summed E-state index contributed by atoms with van der Waals surface area (Å²) in [6, 6.07) is 49.1. The number of pyridine rings is 4. The fourth-order valence-electron chi connectivity index (χ4n) is 23.8. The normalized spacial score (nSPS) is 19.0. The molecule has 0 unspecified atom stereocenters. The molecular formula is C118H140N4+4. The van der Waals surface area contributed by atoms with Crippen molar-refractivity contribution in [1.82, 2.24) is 0 Å². The Hall–Kier alpha value is -9.64. The quantitative estimate of drug-likeness (QED) is 0.157. The summed E-state index contributed by atoms with van der Waals surface area (Å²) in [5.41, 5.74) is 49.6. The van der Waals surface area contributed by atoms with E-state index in [4.69, 9.17) is 11.0 Å². The number of aryl methyl sites for hydroxylation is 6. The largest absolute Gasteiger partial charge is 0.216 e. The molecule has 0 saturated carbocycles. The van der Waals surface area contributed by atoms with Gasteiger partial charge in [0.1, 0.15) is 28.2 Å². The first kappa shape index (κ1) is 72.8. The van der Waals surface area contributed by atoms with E-state index in [1.165, 1.54) is 184 Å². The molecule has 20 rings (SSSR count). The standard InChI is InChI=1S/C31H38N.C30H36N.C29H34N.C28H32N/c1-19-23-16-20-12-10-11-13-22(20)24(23)17-25-26(19)28-27(31(7,8)30(25,5)6)21(14-15-32(28)9)18-29(2,3)4;1-17(2)25-18(3)16-31(9)28-26-19(4)22-14-20-12-10-11-13-21(20)23(22)15-24(26)29(5,6)30(7,8)27(25)28;1-17(2)20-13-14-30(8)27-25-18(3)22-15-19-11-9-10-12-21(19)23(22)16-24(25)28(4,5)29(6,7)26(20)27;1-16-15-29(8)26-24-18(3)21-13-19-11-9-10-12-20(19)22(21)14-23(24)27(4,5)28(6,7)25(26)17(16)2/h10-15,17H,16,18H2,1-9H3;10-13,15-17H,14H2,1-9H3;9-14,16-17H,15H2,1-8H3;9-12,14-15H,13H2,1-8H3/q4*+1/i18D2;3D3,17D;17D;1D3. The molecule has 4 heteroatoms. The number of nitrogens with zero attached hydrogens (tertiary/aromatic N) is 4. The van der Waals surface area contributed by atoms with Crippen LogP contribution in [0, 0.1) is 53.7 Å². The van der Waals surface area contributed by atoms with Crippen molar-refractivity contribution in [2.75, 3.05) is 0 Å². The van der Waals surface area contributed by atoms with Crippen LogP contribution in [-0.2, 0) is 104 Å². The highest BCUT2D eigenvalue weighted by Crippen LogP contribution is 2.64. The fourth-order valence-corrected chi connectivity index (χ4v) is 23.8. The Labute approximate surface area is 748 Å². The molecule has 8 aromatic carbocycles. The molecule has 0 aliphatic heterocycles. The third-order valence-electron chi connectivity index (χ3n) is 33.3. The minimum atomic E-state index is -2.30. The van der Waals surface area contributed by atoms with Gasteiger partial charge in [-0.15, -0.1) is 0 Å². The Morgan fingerprint density at radius 2 is 0.639 bits per heavy atom. The Balaban J connectivity index is 0.000000123. The summed E-state index contributed by atoms with van der Waals surface area (Å²) in [4.78, 5) is 0. The summed E-state index contributed by atoms with van der Waals surface area (Å²) in [5, 5.41) is 0. The van der Waals surface area contributed by atoms with Gasteiger partial charge in [0.05, 0.1) is 22.3 Å². The second-order valence-electron chi connectivity index (χ2n) is 43.4. The summed E-state index contributed by atoms with van der Waals surface area (Å²) in [6.07, 6.45) is 10.2. The van der Waals surface area contributed by atoms with Crippen molar-refractivity contribution in [2.45, 2.75) is 295 Å². The predicted molar refractivity (Wildman–Crippen MR) is 514 cm³/mol. The Morgan fingerprint density at radius 1 is 0.344 bits per heavy atom. The van der Waals surface area contributed by atoms with E-state index in [1.54, 1.807) is 6.20 Å². The van der Waals surface area contributed by atoms with Gasteiger partial charge in [0.25, 0.3) is 0 Å². The minimum absolute atomic E-state index is 0.0684. The maximum absolute atomic E-state index is 9.24. The first-order valence-electron chi connectivity index (χ1n) is 50.0. The van der Waals surface area contributed by atoms with Crippen molar-refractivity contribution in [3.05, 3.63) is 303 Å². The third-order valence-corrected chi connectivity index (χ3v) is 33.3. The molecule has 0 amide bonds. The zero-order chi connectivity index (χ0) is 96.8. The fraction of sp³-hybridized carbons (Fsp3) is 0.424. The molecule has 0 radical (unpaired) electrons. The predicted octanol–water partition coefficient (Wildman–Crippen LogP) is 27.3. The molecule has 0 bridgehead atoms. The molecule has 122 heavy (non-hydrogen) atoms. The molecule has 4 nitrogen and oxygen atoms in total. The van der Waals surface area contributed by atoms with E-state index in [1.807, 2.05) is 86.3 Å². The van der Waals surface area contributed by atoms with Gasteiger partial charge >= 0.3 is 0 Å². The molecule has 0 spiro atoms. The van der Waals surface area contributed by atoms with Crippen LogP contribution in [-0.4, -0.2) is 0 Å². The average molecular weight is 1620 g/mol. The molecule has 0 N–H and O–H groups in total. The maximum Gasteiger partial charge on any atom is 0.216 e. The van der Waals surface area contributed by atoms with Crippen LogP contribution in [0.5, 0.6) is 0 Å². The number of hydrogen-bond donors (Lipinski definition) is 0. The van der Waals surface area contributed by atoms with Gasteiger partial charge in [0.2, 0.25) is 22.8 Å². The summed E-state index contributed by atoms with van der Waals surface area (Å²) in [5.74, 6) is -1.71. The summed E-state index contributed by atoms with van der Waals surface area (Å²) in [7, 11) is 8.26. The van der Waals surface area contributed by atoms with E-state index < -0.39 is 42.7 Å². The van der Waals surface area contributed by atoms with E-state index in [0.29, 0.717) is 11.1 Å². The van der Waals surface area contributed by atoms with E-state index in [0.717, 1.165) is 59.2 Å². The van der Waals surface area contributed by atoms with Gasteiger partial charge in [-0.3, -0.25) is 0 Å². The van der Waals surface area contributed by atoms with E-state index in [-0.39, 0.29) is 43.5 Å². The van der Waals surface area contributed by atoms with Gasteiger partial charge in [-0.05, 0) is 299 Å². The zero-order valence-corrected chi connectivity index (χ0v) is 79.6. The Bertz CT molecular complexity index is 6980. The molecule has 4 aromatic heterocycles. The van der Waals surface area contributed by atoms with Gasteiger partial charge in [-0.2, -0.15) is 0 Å². The SMILES string of the molecule is [2H]C(C)(C)c1cc[n+](C)c2c1C(C)(C)C(C)(C)c1cc3c(c(C)c1-2)Cc1ccccc1-3.[2H]C([2H])([2H])c1c[n+](C)c2c(c1C([2H])(C)C)C(C)(C)C(C)(C)c1cc3c(c(C)c1-2)Cc1ccccc1-3.[2H]C([2H])([2H])c1c[n+](C)c2c(c1C)C(C)(C)C(C)(C)c1cc3c(c(C)c1-2)Cc1ccccc1-3.[2H]C([2H])(c1cc[n+](C)c2c1C(C)(C)C(C)(C)c1cc3c(c(C)c1-2)Cc1ccccc1-3)C(C)(C)C.